The number of ether oxygens (including phenoxy) is 13. The molecular weight excluding hydrogens is 993 g/mol. The zero-order chi connectivity index (χ0) is 54.8. The highest BCUT2D eigenvalue weighted by Crippen LogP contribution is 2.70. The Labute approximate surface area is 446 Å². The second-order valence-corrected chi connectivity index (χ2v) is 23.4. The number of carbonyl (C=O) groups is 2. The van der Waals surface area contributed by atoms with Crippen LogP contribution in [0.2, 0.25) is 0 Å². The maximum Gasteiger partial charge on any atom is 0.342 e. The third-order valence-electron chi connectivity index (χ3n) is 19.4. The van der Waals surface area contributed by atoms with Crippen molar-refractivity contribution < 1.29 is 96.7 Å². The summed E-state index contributed by atoms with van der Waals surface area (Å²) in [5.41, 5.74) is -4.16. The molecule has 25 unspecified atom stereocenters. The lowest BCUT2D eigenvalue weighted by Crippen LogP contribution is -2.75. The second kappa shape index (κ2) is 22.7. The molecule has 0 bridgehead atoms. The largest absolute Gasteiger partial charge is 0.507 e. The monoisotopic (exact) mass is 1080 g/mol. The van der Waals surface area contributed by atoms with Crippen LogP contribution in [0, 0.1) is 22.7 Å². The molecule has 7 fully saturated rings. The molecule has 1 aromatic carbocycles. The summed E-state index contributed by atoms with van der Waals surface area (Å²) in [5.74, 6) is -2.29. The lowest BCUT2D eigenvalue weighted by Gasteiger charge is -2.66. The summed E-state index contributed by atoms with van der Waals surface area (Å²) in [5, 5.41) is 57.9. The van der Waals surface area contributed by atoms with E-state index in [1.165, 1.54) is 26.2 Å². The first kappa shape index (κ1) is 57.9. The fourth-order valence-corrected chi connectivity index (χ4v) is 15.0. The molecule has 4 aliphatic carbocycles. The molecule has 8 aliphatic rings. The SMILES string of the molecule is COC1CC(OC2CCC3(C)C(=CCC4(O)C3CC(OC(=O)c3ccccc3O)C3(C)C(C(C)=O)CCC43O)C2)OC(C)C1OC1CC(OC)C(OC2CC(OC)C(OC3OC(C)C(O)C(OC)C3O)C(C)O2)C(C)O1. The average molecular weight is 1080 g/mol. The van der Waals surface area contributed by atoms with Crippen molar-refractivity contribution in [1.82, 2.24) is 0 Å². The standard InChI is InChI=1S/C56H84O20/c1-27(57)35-18-21-56(63)54(35,7)41(73-51(61)34-14-12-13-15-36(34)58)26-40-53(6)19-17-33(22-32(53)16-20-55(40,56)62)72-42-23-37(64-8)47(29(3)68-42)74-43-24-38(65-9)48(30(4)69-43)75-44-25-39(66-10)49(31(5)70-44)76-52-46(60)50(67-11)45(59)28(2)71-52/h12-16,28-31,33,35,37-50,52,58-60,62-63H,17-26H2,1-11H3. The number of hydrogen-bond donors (Lipinski definition) is 5. The van der Waals surface area contributed by atoms with Crippen molar-refractivity contribution in [2.45, 2.75) is 241 Å². The number of phenolic OH excluding ortho intramolecular Hbond substituents is 1. The zero-order valence-corrected chi connectivity index (χ0v) is 45.9. The van der Waals surface area contributed by atoms with Crippen molar-refractivity contribution in [3.63, 3.8) is 0 Å². The Morgan fingerprint density at radius 3 is 1.75 bits per heavy atom. The van der Waals surface area contributed by atoms with Crippen molar-refractivity contribution in [2.24, 2.45) is 22.7 Å². The molecule has 0 amide bonds. The molecule has 9 rings (SSSR count). The van der Waals surface area contributed by atoms with E-state index in [0.717, 1.165) is 5.57 Å². The third-order valence-corrected chi connectivity index (χ3v) is 19.4. The van der Waals surface area contributed by atoms with Gasteiger partial charge in [-0.15, -0.1) is 0 Å². The van der Waals surface area contributed by atoms with Crippen LogP contribution in [0.1, 0.15) is 123 Å². The van der Waals surface area contributed by atoms with Crippen LogP contribution in [0.4, 0.5) is 0 Å². The maximum absolute atomic E-state index is 13.8. The summed E-state index contributed by atoms with van der Waals surface area (Å²) in [6, 6.07) is 6.14. The number of phenols is 1. The van der Waals surface area contributed by atoms with Crippen LogP contribution < -0.4 is 0 Å². The van der Waals surface area contributed by atoms with Gasteiger partial charge in [0, 0.05) is 65.0 Å². The van der Waals surface area contributed by atoms with Crippen LogP contribution in [0.15, 0.2) is 35.9 Å². The van der Waals surface area contributed by atoms with E-state index < -0.39 is 150 Å². The molecule has 20 nitrogen and oxygen atoms in total. The number of aromatic hydroxyl groups is 1. The van der Waals surface area contributed by atoms with Crippen LogP contribution >= 0.6 is 0 Å². The molecule has 76 heavy (non-hydrogen) atoms. The third kappa shape index (κ3) is 10.1. The molecule has 3 saturated carbocycles. The number of aliphatic hydroxyl groups excluding tert-OH is 2. The first-order chi connectivity index (χ1) is 36.0. The highest BCUT2D eigenvalue weighted by atomic mass is 16.8. The van der Waals surface area contributed by atoms with Gasteiger partial charge in [-0.1, -0.05) is 37.6 Å². The summed E-state index contributed by atoms with van der Waals surface area (Å²) in [6.45, 7) is 12.7. The first-order valence-corrected chi connectivity index (χ1v) is 27.4. The predicted molar refractivity (Wildman–Crippen MR) is 267 cm³/mol. The number of esters is 1. The Balaban J connectivity index is 0.807. The van der Waals surface area contributed by atoms with Crippen molar-refractivity contribution >= 4 is 11.8 Å². The van der Waals surface area contributed by atoms with Gasteiger partial charge in [0.05, 0.1) is 48.8 Å². The zero-order valence-electron chi connectivity index (χ0n) is 45.9. The normalized spacial score (nSPS) is 48.5. The quantitative estimate of drug-likeness (QED) is 0.121. The van der Waals surface area contributed by atoms with Gasteiger partial charge in [0.25, 0.3) is 0 Å². The van der Waals surface area contributed by atoms with Gasteiger partial charge in [-0.2, -0.15) is 0 Å². The minimum absolute atomic E-state index is 0.00960. The number of hydrogen-bond acceptors (Lipinski definition) is 20. The van der Waals surface area contributed by atoms with Crippen molar-refractivity contribution in [3.05, 3.63) is 41.5 Å². The van der Waals surface area contributed by atoms with Gasteiger partial charge in [-0.3, -0.25) is 4.79 Å². The van der Waals surface area contributed by atoms with Gasteiger partial charge in [0.1, 0.15) is 71.0 Å². The number of ketones is 1. The minimum Gasteiger partial charge on any atom is -0.507 e. The molecule has 25 atom stereocenters. The van der Waals surface area contributed by atoms with Gasteiger partial charge in [-0.05, 0) is 97.1 Å². The van der Waals surface area contributed by atoms with Crippen molar-refractivity contribution in [2.75, 3.05) is 28.4 Å². The lowest BCUT2D eigenvalue weighted by atomic mass is 9.43. The van der Waals surface area contributed by atoms with E-state index in [-0.39, 0.29) is 42.5 Å². The van der Waals surface area contributed by atoms with Gasteiger partial charge < -0.3 is 87.1 Å². The topological polar surface area (TPSA) is 255 Å². The highest BCUT2D eigenvalue weighted by molar-refractivity contribution is 5.92. The summed E-state index contributed by atoms with van der Waals surface area (Å²) in [4.78, 5) is 27.0. The Kier molecular flexibility index (Phi) is 17.3. The van der Waals surface area contributed by atoms with E-state index in [0.29, 0.717) is 44.9 Å². The summed E-state index contributed by atoms with van der Waals surface area (Å²) in [7, 11) is 6.25. The summed E-state index contributed by atoms with van der Waals surface area (Å²) >= 11 is 0. The van der Waals surface area contributed by atoms with Crippen molar-refractivity contribution in [1.29, 1.82) is 0 Å². The van der Waals surface area contributed by atoms with Crippen LogP contribution in [-0.4, -0.2) is 194 Å². The Morgan fingerprint density at radius 2 is 1.21 bits per heavy atom. The van der Waals surface area contributed by atoms with E-state index in [9.17, 15) is 35.1 Å². The Bertz CT molecular complexity index is 2230. The average Bonchev–Trinajstić information content (AvgIpc) is 3.88. The second-order valence-electron chi connectivity index (χ2n) is 23.4. The van der Waals surface area contributed by atoms with Crippen LogP contribution in [0.5, 0.6) is 5.75 Å². The molecule has 20 heteroatoms. The maximum atomic E-state index is 13.8. The lowest BCUT2D eigenvalue weighted by molar-refractivity contribution is -0.355. The highest BCUT2D eigenvalue weighted by Gasteiger charge is 2.77. The van der Waals surface area contributed by atoms with Crippen molar-refractivity contribution in [3.8, 4) is 5.75 Å². The van der Waals surface area contributed by atoms with E-state index in [2.05, 4.69) is 13.0 Å². The number of rotatable bonds is 15. The molecule has 4 heterocycles. The predicted octanol–water partition coefficient (Wildman–Crippen LogP) is 4.40. The number of benzene rings is 1. The number of aliphatic hydroxyl groups is 4. The number of fused-ring (bicyclic) bond motifs is 5. The fourth-order valence-electron chi connectivity index (χ4n) is 15.0. The molecule has 0 radical (unpaired) electrons. The van der Waals surface area contributed by atoms with Crippen LogP contribution in [0.3, 0.4) is 0 Å². The summed E-state index contributed by atoms with van der Waals surface area (Å²) in [6.07, 6.45) is -6.80. The van der Waals surface area contributed by atoms with E-state index in [1.807, 2.05) is 20.8 Å². The van der Waals surface area contributed by atoms with Crippen LogP contribution in [-0.2, 0) is 66.4 Å². The number of para-hydroxylation sites is 1. The number of Topliss-reactive ketones (excluding diaryl/α,β-unsaturated/α-hetero) is 1. The molecule has 0 aromatic heterocycles. The van der Waals surface area contributed by atoms with Gasteiger partial charge >= 0.3 is 5.97 Å². The number of methoxy groups -OCH3 is 4. The molecule has 428 valence electrons. The fraction of sp³-hybridized carbons (Fsp3) is 0.821. The smallest absolute Gasteiger partial charge is 0.342 e. The van der Waals surface area contributed by atoms with E-state index >= 15 is 0 Å². The molecule has 4 saturated heterocycles. The van der Waals surface area contributed by atoms with E-state index in [1.54, 1.807) is 47.3 Å². The first-order valence-electron chi connectivity index (χ1n) is 27.4. The molecule has 4 aliphatic heterocycles. The van der Waals surface area contributed by atoms with Crippen LogP contribution in [0.25, 0.3) is 0 Å². The summed E-state index contributed by atoms with van der Waals surface area (Å²) < 4.78 is 81.0. The van der Waals surface area contributed by atoms with E-state index in [4.69, 9.17) is 61.6 Å². The molecule has 0 spiro atoms. The minimum atomic E-state index is -1.75. The number of carbonyl (C=O) groups excluding carboxylic acids is 2. The Morgan fingerprint density at radius 1 is 0.658 bits per heavy atom. The van der Waals surface area contributed by atoms with Gasteiger partial charge in [0.2, 0.25) is 0 Å². The molecular formula is C56H84O20. The van der Waals surface area contributed by atoms with Gasteiger partial charge in [-0.25, -0.2) is 4.79 Å². The Hall–Kier alpha value is -2.74. The molecule has 1 aromatic rings. The molecule has 5 N–H and O–H groups in total. The van der Waals surface area contributed by atoms with Gasteiger partial charge in [0.15, 0.2) is 25.2 Å².